The van der Waals surface area contributed by atoms with Crippen LogP contribution in [0, 0.1) is 17.0 Å². The Labute approximate surface area is 122 Å². The van der Waals surface area contributed by atoms with Crippen molar-refractivity contribution in [3.8, 4) is 5.75 Å². The Morgan fingerprint density at radius 3 is 2.52 bits per heavy atom. The Morgan fingerprint density at radius 2 is 2.00 bits per heavy atom. The molecule has 2 N–H and O–H groups in total. The van der Waals surface area contributed by atoms with Gasteiger partial charge in [-0.1, -0.05) is 12.1 Å². The highest BCUT2D eigenvalue weighted by Crippen LogP contribution is 2.30. The van der Waals surface area contributed by atoms with Crippen molar-refractivity contribution >= 4 is 11.5 Å². The molecule has 0 unspecified atom stereocenters. The van der Waals surface area contributed by atoms with Crippen molar-refractivity contribution in [1.29, 1.82) is 0 Å². The fraction of sp³-hybridized carbons (Fsp3) is 0.357. The number of nitrogens with zero attached hydrogens (tertiary/aromatic N) is 3. The predicted molar refractivity (Wildman–Crippen MR) is 79.4 cm³/mol. The zero-order valence-electron chi connectivity index (χ0n) is 12.2. The van der Waals surface area contributed by atoms with Crippen molar-refractivity contribution in [1.82, 2.24) is 9.78 Å². The minimum Gasteiger partial charge on any atom is -0.508 e. The van der Waals surface area contributed by atoms with E-state index in [1.165, 1.54) is 0 Å². The van der Waals surface area contributed by atoms with Crippen LogP contribution in [0.4, 0.5) is 11.5 Å². The lowest BCUT2D eigenvalue weighted by molar-refractivity contribution is -0.384. The molecule has 1 aromatic carbocycles. The van der Waals surface area contributed by atoms with Gasteiger partial charge in [0, 0.05) is 12.6 Å². The Bertz CT molecular complexity index is 647. The van der Waals surface area contributed by atoms with E-state index in [0.29, 0.717) is 18.1 Å². The minimum atomic E-state index is -0.416. The van der Waals surface area contributed by atoms with Crippen LogP contribution < -0.4 is 5.32 Å². The van der Waals surface area contributed by atoms with E-state index in [0.717, 1.165) is 5.56 Å². The summed E-state index contributed by atoms with van der Waals surface area (Å²) in [6.07, 6.45) is 0. The highest BCUT2D eigenvalue weighted by molar-refractivity contribution is 5.60. The Hall–Kier alpha value is -2.57. The third kappa shape index (κ3) is 3.13. The lowest BCUT2D eigenvalue weighted by Gasteiger charge is -2.12. The van der Waals surface area contributed by atoms with Crippen molar-refractivity contribution in [3.63, 3.8) is 0 Å². The molecule has 0 radical (unpaired) electrons. The summed E-state index contributed by atoms with van der Waals surface area (Å²) in [7, 11) is 0. The number of phenols is 1. The molecule has 7 nitrogen and oxygen atoms in total. The van der Waals surface area contributed by atoms with Crippen LogP contribution in [0.3, 0.4) is 0 Å². The van der Waals surface area contributed by atoms with Gasteiger partial charge in [-0.05, 0) is 38.5 Å². The summed E-state index contributed by atoms with van der Waals surface area (Å²) in [5.41, 5.74) is 1.31. The summed E-state index contributed by atoms with van der Waals surface area (Å²) < 4.78 is 1.62. The molecule has 112 valence electrons. The van der Waals surface area contributed by atoms with Crippen LogP contribution in [0.5, 0.6) is 5.75 Å². The molecule has 0 atom stereocenters. The molecule has 2 rings (SSSR count). The molecule has 0 aliphatic heterocycles. The zero-order chi connectivity index (χ0) is 15.6. The largest absolute Gasteiger partial charge is 0.508 e. The normalized spacial score (nSPS) is 10.9. The third-order valence-corrected chi connectivity index (χ3v) is 3.12. The number of rotatable bonds is 5. The van der Waals surface area contributed by atoms with Crippen molar-refractivity contribution in [2.24, 2.45) is 0 Å². The molecule has 0 amide bonds. The molecular formula is C14H18N4O3. The maximum atomic E-state index is 11.2. The molecule has 0 aliphatic rings. The van der Waals surface area contributed by atoms with E-state index in [1.54, 1.807) is 35.9 Å². The van der Waals surface area contributed by atoms with Gasteiger partial charge >= 0.3 is 5.69 Å². The van der Waals surface area contributed by atoms with E-state index >= 15 is 0 Å². The van der Waals surface area contributed by atoms with Crippen LogP contribution >= 0.6 is 0 Å². The van der Waals surface area contributed by atoms with Gasteiger partial charge in [-0.25, -0.2) is 4.68 Å². The first kappa shape index (κ1) is 14.8. The van der Waals surface area contributed by atoms with Gasteiger partial charge in [0.2, 0.25) is 5.82 Å². The number of phenolic OH excluding ortho intramolecular Hbond substituents is 1. The summed E-state index contributed by atoms with van der Waals surface area (Å²) in [5.74, 6) is 0.591. The highest BCUT2D eigenvalue weighted by atomic mass is 16.6. The van der Waals surface area contributed by atoms with Gasteiger partial charge in [-0.15, -0.1) is 0 Å². The average Bonchev–Trinajstić information content (AvgIpc) is 2.75. The van der Waals surface area contributed by atoms with Crippen LogP contribution in [0.25, 0.3) is 0 Å². The number of hydrogen-bond donors (Lipinski definition) is 2. The number of benzene rings is 1. The van der Waals surface area contributed by atoms with Gasteiger partial charge in [-0.3, -0.25) is 10.1 Å². The van der Waals surface area contributed by atoms with E-state index in [-0.39, 0.29) is 17.5 Å². The maximum Gasteiger partial charge on any atom is 0.333 e. The molecule has 0 saturated heterocycles. The van der Waals surface area contributed by atoms with E-state index < -0.39 is 4.92 Å². The number of nitrogens with one attached hydrogen (secondary N) is 1. The highest BCUT2D eigenvalue weighted by Gasteiger charge is 2.26. The molecule has 21 heavy (non-hydrogen) atoms. The van der Waals surface area contributed by atoms with Crippen LogP contribution in [-0.4, -0.2) is 19.8 Å². The van der Waals surface area contributed by atoms with Gasteiger partial charge in [0.05, 0.1) is 4.92 Å². The van der Waals surface area contributed by atoms with Gasteiger partial charge in [-0.2, -0.15) is 5.10 Å². The summed E-state index contributed by atoms with van der Waals surface area (Å²) in [6.45, 7) is 5.88. The molecule has 0 spiro atoms. The average molecular weight is 290 g/mol. The van der Waals surface area contributed by atoms with Crippen LogP contribution in [0.15, 0.2) is 24.3 Å². The van der Waals surface area contributed by atoms with E-state index in [2.05, 4.69) is 10.4 Å². The summed E-state index contributed by atoms with van der Waals surface area (Å²) in [6, 6.07) is 6.70. The molecule has 7 heteroatoms. The van der Waals surface area contributed by atoms with Gasteiger partial charge in [0.25, 0.3) is 0 Å². The van der Waals surface area contributed by atoms with Crippen LogP contribution in [0.2, 0.25) is 0 Å². The number of aromatic hydroxyl groups is 1. The fourth-order valence-corrected chi connectivity index (χ4v) is 2.10. The molecule has 2 aromatic rings. The summed E-state index contributed by atoms with van der Waals surface area (Å²) in [5, 5.41) is 27.8. The Balaban J connectivity index is 2.29. The fourth-order valence-electron chi connectivity index (χ4n) is 2.10. The molecule has 1 aromatic heterocycles. The van der Waals surface area contributed by atoms with Gasteiger partial charge in [0.1, 0.15) is 11.4 Å². The molecule has 0 bridgehead atoms. The van der Waals surface area contributed by atoms with E-state index in [1.807, 2.05) is 13.8 Å². The lowest BCUT2D eigenvalue weighted by Crippen LogP contribution is -2.11. The monoisotopic (exact) mass is 290 g/mol. The number of anilines is 1. The zero-order valence-corrected chi connectivity index (χ0v) is 12.2. The van der Waals surface area contributed by atoms with Crippen LogP contribution in [-0.2, 0) is 6.54 Å². The smallest absolute Gasteiger partial charge is 0.333 e. The number of hydrogen-bond acceptors (Lipinski definition) is 5. The second kappa shape index (κ2) is 5.82. The SMILES string of the molecule is Cc1nn(C(C)C)c(NCc2ccc(O)cc2)c1[N+](=O)[O-]. The first-order valence-electron chi connectivity index (χ1n) is 6.65. The van der Waals surface area contributed by atoms with E-state index in [9.17, 15) is 15.2 Å². The van der Waals surface area contributed by atoms with Gasteiger partial charge < -0.3 is 10.4 Å². The number of nitro groups is 1. The molecule has 0 fully saturated rings. The molecule has 0 aliphatic carbocycles. The molecule has 1 heterocycles. The quantitative estimate of drug-likeness (QED) is 0.652. The van der Waals surface area contributed by atoms with Crippen molar-refractivity contribution in [2.75, 3.05) is 5.32 Å². The summed E-state index contributed by atoms with van der Waals surface area (Å²) in [4.78, 5) is 10.8. The van der Waals surface area contributed by atoms with Crippen molar-refractivity contribution in [3.05, 3.63) is 45.6 Å². The maximum absolute atomic E-state index is 11.2. The first-order valence-corrected chi connectivity index (χ1v) is 6.65. The Kier molecular flexibility index (Phi) is 4.11. The van der Waals surface area contributed by atoms with Crippen molar-refractivity contribution in [2.45, 2.75) is 33.4 Å². The first-order chi connectivity index (χ1) is 9.90. The molecule has 0 saturated carbocycles. The van der Waals surface area contributed by atoms with E-state index in [4.69, 9.17) is 0 Å². The molecular weight excluding hydrogens is 272 g/mol. The standard InChI is InChI=1S/C14H18N4O3/c1-9(2)17-14(13(18(20)21)10(3)16-17)15-8-11-4-6-12(19)7-5-11/h4-7,9,15,19H,8H2,1-3H3. The topological polar surface area (TPSA) is 93.2 Å². The Morgan fingerprint density at radius 1 is 1.38 bits per heavy atom. The van der Waals surface area contributed by atoms with Crippen molar-refractivity contribution < 1.29 is 10.0 Å². The predicted octanol–water partition coefficient (Wildman–Crippen LogP) is 3.00. The number of aryl methyl sites for hydroxylation is 1. The number of aromatic nitrogens is 2. The van der Waals surface area contributed by atoms with Gasteiger partial charge in [0.15, 0.2) is 0 Å². The second-order valence-corrected chi connectivity index (χ2v) is 5.10. The van der Waals surface area contributed by atoms with Crippen LogP contribution in [0.1, 0.15) is 31.1 Å². The summed E-state index contributed by atoms with van der Waals surface area (Å²) >= 11 is 0. The minimum absolute atomic E-state index is 0.00229. The second-order valence-electron chi connectivity index (χ2n) is 5.10. The third-order valence-electron chi connectivity index (χ3n) is 3.12. The lowest BCUT2D eigenvalue weighted by atomic mass is 10.2.